The van der Waals surface area contributed by atoms with Crippen molar-refractivity contribution in [2.75, 3.05) is 6.54 Å². The fourth-order valence-electron chi connectivity index (χ4n) is 4.30. The number of aromatic nitrogens is 2. The molecular weight excluding hydrogens is 383 g/mol. The summed E-state index contributed by atoms with van der Waals surface area (Å²) in [6, 6.07) is 14.9. The van der Waals surface area contributed by atoms with Crippen LogP contribution in [-0.2, 0) is 0 Å². The van der Waals surface area contributed by atoms with Gasteiger partial charge in [-0.3, -0.25) is 4.98 Å². The molecule has 0 amide bonds. The number of aryl methyl sites for hydroxylation is 1. The maximum atomic E-state index is 13.4. The van der Waals surface area contributed by atoms with Gasteiger partial charge in [0, 0.05) is 29.8 Å². The Morgan fingerprint density at radius 2 is 1.90 bits per heavy atom. The van der Waals surface area contributed by atoms with Crippen molar-refractivity contribution in [2.45, 2.75) is 39.3 Å². The molecule has 150 valence electrons. The lowest BCUT2D eigenvalue weighted by Gasteiger charge is -2.27. The lowest BCUT2D eigenvalue weighted by molar-refractivity contribution is 0.316. The zero-order valence-electron chi connectivity index (χ0n) is 16.9. The van der Waals surface area contributed by atoms with Gasteiger partial charge in [-0.2, -0.15) is 0 Å². The Bertz CT molecular complexity index is 1010. The number of nitrogens with zero attached hydrogens (tertiary/aromatic N) is 3. The molecule has 0 bridgehead atoms. The highest BCUT2D eigenvalue weighted by Crippen LogP contribution is 2.41. The largest absolute Gasteiger partial charge is 0.352 e. The Hall–Kier alpha value is -2.73. The minimum absolute atomic E-state index is 0.0163. The van der Waals surface area contributed by atoms with Crippen molar-refractivity contribution in [3.05, 3.63) is 83.2 Å². The van der Waals surface area contributed by atoms with Crippen molar-refractivity contribution >= 4 is 17.3 Å². The number of pyridine rings is 1. The second-order valence-electron chi connectivity index (χ2n) is 7.46. The number of hydrogen-bond donors (Lipinski definition) is 1. The highest BCUT2D eigenvalue weighted by atomic mass is 32.1. The highest BCUT2D eigenvalue weighted by molar-refractivity contribution is 7.80. The van der Waals surface area contributed by atoms with Crippen LogP contribution in [0.5, 0.6) is 0 Å². The highest BCUT2D eigenvalue weighted by Gasteiger charge is 2.40. The Morgan fingerprint density at radius 1 is 1.14 bits per heavy atom. The number of halogens is 1. The van der Waals surface area contributed by atoms with Crippen molar-refractivity contribution < 1.29 is 4.39 Å². The summed E-state index contributed by atoms with van der Waals surface area (Å²) in [6.45, 7) is 7.24. The average molecular weight is 409 g/mol. The monoisotopic (exact) mass is 408 g/mol. The summed E-state index contributed by atoms with van der Waals surface area (Å²) in [4.78, 5) is 6.86. The molecule has 0 unspecified atom stereocenters. The van der Waals surface area contributed by atoms with Crippen LogP contribution in [0.25, 0.3) is 5.69 Å². The van der Waals surface area contributed by atoms with Crippen molar-refractivity contribution in [1.82, 2.24) is 19.8 Å². The maximum Gasteiger partial charge on any atom is 0.170 e. The molecule has 0 spiro atoms. The van der Waals surface area contributed by atoms with E-state index in [1.54, 1.807) is 0 Å². The van der Waals surface area contributed by atoms with Crippen LogP contribution in [-0.4, -0.2) is 26.1 Å². The van der Waals surface area contributed by atoms with Gasteiger partial charge in [-0.15, -0.1) is 0 Å². The van der Waals surface area contributed by atoms with E-state index in [0.717, 1.165) is 40.8 Å². The molecule has 1 saturated heterocycles. The predicted molar refractivity (Wildman–Crippen MR) is 118 cm³/mol. The van der Waals surface area contributed by atoms with Crippen molar-refractivity contribution in [2.24, 2.45) is 0 Å². The van der Waals surface area contributed by atoms with Gasteiger partial charge in [0.05, 0.1) is 17.8 Å². The molecule has 1 aliphatic rings. The molecule has 1 aromatic carbocycles. The molecule has 29 heavy (non-hydrogen) atoms. The van der Waals surface area contributed by atoms with Gasteiger partial charge >= 0.3 is 0 Å². The first-order valence-electron chi connectivity index (χ1n) is 9.94. The van der Waals surface area contributed by atoms with Gasteiger partial charge in [0.15, 0.2) is 5.11 Å². The van der Waals surface area contributed by atoms with E-state index in [4.69, 9.17) is 12.2 Å². The minimum atomic E-state index is -0.230. The van der Waals surface area contributed by atoms with Crippen molar-refractivity contribution in [1.29, 1.82) is 0 Å². The normalized spacial score (nSPS) is 18.9. The third-order valence-electron chi connectivity index (χ3n) is 5.54. The molecule has 1 N–H and O–H groups in total. The Balaban J connectivity index is 1.82. The second-order valence-corrected chi connectivity index (χ2v) is 7.84. The van der Waals surface area contributed by atoms with Crippen molar-refractivity contribution in [3.63, 3.8) is 0 Å². The van der Waals surface area contributed by atoms with E-state index in [0.29, 0.717) is 0 Å². The SMILES string of the molecule is CCCN1C(=S)N[C@@H](c2ccccn2)[C@@H]1c1cc(C)n(-c2ccc(F)cc2)c1C. The minimum Gasteiger partial charge on any atom is -0.352 e. The summed E-state index contributed by atoms with van der Waals surface area (Å²) >= 11 is 5.69. The summed E-state index contributed by atoms with van der Waals surface area (Å²) in [5.41, 5.74) is 5.39. The number of hydrogen-bond acceptors (Lipinski definition) is 2. The molecule has 3 heterocycles. The van der Waals surface area contributed by atoms with Crippen LogP contribution < -0.4 is 5.32 Å². The van der Waals surface area contributed by atoms with E-state index >= 15 is 0 Å². The van der Waals surface area contributed by atoms with Gasteiger partial charge in [-0.25, -0.2) is 4.39 Å². The van der Waals surface area contributed by atoms with Gasteiger partial charge in [-0.1, -0.05) is 13.0 Å². The molecule has 2 atom stereocenters. The van der Waals surface area contributed by atoms with Gasteiger partial charge in [0.25, 0.3) is 0 Å². The first kappa shape index (κ1) is 19.6. The van der Waals surface area contributed by atoms with Crippen LogP contribution in [0.4, 0.5) is 4.39 Å². The lowest BCUT2D eigenvalue weighted by atomic mass is 9.96. The molecule has 1 aliphatic heterocycles. The fourth-order valence-corrected chi connectivity index (χ4v) is 4.63. The average Bonchev–Trinajstić information content (AvgIpc) is 3.20. The van der Waals surface area contributed by atoms with Gasteiger partial charge < -0.3 is 14.8 Å². The number of benzene rings is 1. The second kappa shape index (κ2) is 7.95. The molecule has 6 heteroatoms. The molecule has 4 nitrogen and oxygen atoms in total. The van der Waals surface area contributed by atoms with Crippen LogP contribution in [0.3, 0.4) is 0 Å². The van der Waals surface area contributed by atoms with Crippen LogP contribution in [0, 0.1) is 19.7 Å². The molecule has 0 saturated carbocycles. The summed E-state index contributed by atoms with van der Waals surface area (Å²) in [5, 5.41) is 4.26. The summed E-state index contributed by atoms with van der Waals surface area (Å²) in [5.74, 6) is -0.230. The van der Waals surface area contributed by atoms with E-state index in [1.807, 2.05) is 36.5 Å². The fraction of sp³-hybridized carbons (Fsp3) is 0.304. The molecule has 4 rings (SSSR count). The summed E-state index contributed by atoms with van der Waals surface area (Å²) < 4.78 is 15.6. The Labute approximate surface area is 176 Å². The molecule has 1 fully saturated rings. The van der Waals surface area contributed by atoms with E-state index in [-0.39, 0.29) is 17.9 Å². The summed E-state index contributed by atoms with van der Waals surface area (Å²) in [6.07, 6.45) is 2.82. The standard InChI is InChI=1S/C23H25FN4S/c1-4-13-27-22(21(26-23(27)29)20-7-5-6-12-25-20)19-14-15(2)28(16(19)3)18-10-8-17(24)9-11-18/h5-12,14,21-22H,4,13H2,1-3H3,(H,26,29)/t21-,22-/m0/s1. The molecular formula is C23H25FN4S. The van der Waals surface area contributed by atoms with E-state index in [9.17, 15) is 4.39 Å². The van der Waals surface area contributed by atoms with Gasteiger partial charge in [-0.05, 0) is 80.5 Å². The van der Waals surface area contributed by atoms with Gasteiger partial charge in [0.1, 0.15) is 5.82 Å². The number of thiocarbonyl (C=S) groups is 1. The third kappa shape index (κ3) is 3.53. The maximum absolute atomic E-state index is 13.4. The molecule has 2 aromatic heterocycles. The van der Waals surface area contributed by atoms with Crippen LogP contribution in [0.1, 0.15) is 48.1 Å². The zero-order valence-corrected chi connectivity index (χ0v) is 17.7. The Morgan fingerprint density at radius 3 is 2.55 bits per heavy atom. The molecule has 3 aromatic rings. The van der Waals surface area contributed by atoms with Crippen LogP contribution in [0.15, 0.2) is 54.7 Å². The molecule has 0 aliphatic carbocycles. The van der Waals surface area contributed by atoms with Gasteiger partial charge in [0.2, 0.25) is 0 Å². The predicted octanol–water partition coefficient (Wildman–Crippen LogP) is 5.01. The number of nitrogens with one attached hydrogen (secondary N) is 1. The van der Waals surface area contributed by atoms with E-state index in [1.165, 1.54) is 17.7 Å². The zero-order chi connectivity index (χ0) is 20.5. The van der Waals surface area contributed by atoms with Crippen LogP contribution in [0.2, 0.25) is 0 Å². The Kier molecular flexibility index (Phi) is 5.37. The molecule has 0 radical (unpaired) electrons. The third-order valence-corrected chi connectivity index (χ3v) is 5.89. The topological polar surface area (TPSA) is 33.1 Å². The first-order valence-corrected chi connectivity index (χ1v) is 10.3. The summed E-state index contributed by atoms with van der Waals surface area (Å²) in [7, 11) is 0. The smallest absolute Gasteiger partial charge is 0.170 e. The number of rotatable bonds is 5. The quantitative estimate of drug-likeness (QED) is 0.602. The lowest BCUT2D eigenvalue weighted by Crippen LogP contribution is -2.30. The first-order chi connectivity index (χ1) is 14.0. The van der Waals surface area contributed by atoms with Crippen molar-refractivity contribution in [3.8, 4) is 5.69 Å². The van der Waals surface area contributed by atoms with E-state index in [2.05, 4.69) is 46.6 Å². The van der Waals surface area contributed by atoms with E-state index < -0.39 is 0 Å². The van der Waals surface area contributed by atoms with Crippen LogP contribution >= 0.6 is 12.2 Å².